The molecule has 5 heteroatoms. The van der Waals surface area contributed by atoms with Gasteiger partial charge in [0.2, 0.25) is 5.91 Å². The topological polar surface area (TPSA) is 55.6 Å². The average molecular weight is 272 g/mol. The third kappa shape index (κ3) is 3.80. The highest BCUT2D eigenvalue weighted by Gasteiger charge is 2.39. The lowest BCUT2D eigenvalue weighted by atomic mass is 10.2. The first kappa shape index (κ1) is 15.7. The van der Waals surface area contributed by atoms with Gasteiger partial charge in [-0.1, -0.05) is 20.8 Å². The van der Waals surface area contributed by atoms with E-state index in [1.165, 1.54) is 0 Å². The summed E-state index contributed by atoms with van der Waals surface area (Å²) in [6, 6.07) is 0. The highest BCUT2D eigenvalue weighted by atomic mass is 28.4. The van der Waals surface area contributed by atoms with Crippen molar-refractivity contribution in [3.05, 3.63) is 0 Å². The van der Waals surface area contributed by atoms with E-state index in [-0.39, 0.29) is 17.0 Å². The van der Waals surface area contributed by atoms with Gasteiger partial charge in [-0.3, -0.25) is 4.79 Å². The molecule has 1 atom stereocenters. The summed E-state index contributed by atoms with van der Waals surface area (Å²) in [5.74, 6) is 0.243. The summed E-state index contributed by atoms with van der Waals surface area (Å²) in [5, 5.41) is 0.176. The quantitative estimate of drug-likeness (QED) is 0.778. The maximum Gasteiger partial charge on any atom is 0.222 e. The Kier molecular flexibility index (Phi) is 4.97. The van der Waals surface area contributed by atoms with E-state index in [1.807, 2.05) is 4.90 Å². The second kappa shape index (κ2) is 5.71. The molecule has 18 heavy (non-hydrogen) atoms. The molecule has 1 heterocycles. The lowest BCUT2D eigenvalue weighted by Crippen LogP contribution is -2.49. The number of hydrogen-bond acceptors (Lipinski definition) is 3. The van der Waals surface area contributed by atoms with Crippen LogP contribution < -0.4 is 5.73 Å². The van der Waals surface area contributed by atoms with E-state index in [0.29, 0.717) is 19.5 Å². The number of carbonyl (C=O) groups excluding carboxylic acids is 1. The lowest BCUT2D eigenvalue weighted by molar-refractivity contribution is -0.128. The summed E-state index contributed by atoms with van der Waals surface area (Å²) in [4.78, 5) is 13.5. The van der Waals surface area contributed by atoms with Gasteiger partial charge in [0.25, 0.3) is 0 Å². The SMILES string of the molecule is CC(C)(C)[Si](C)(C)OC(CN)CN1CCCC1=O. The van der Waals surface area contributed by atoms with E-state index < -0.39 is 8.32 Å². The standard InChI is InChI=1S/C13H28N2O2Si/c1-13(2,3)18(4,5)17-11(9-14)10-15-8-6-7-12(15)16/h11H,6-10,14H2,1-5H3. The Bertz CT molecular complexity index is 300. The number of nitrogens with zero attached hydrogens (tertiary/aromatic N) is 1. The zero-order valence-electron chi connectivity index (χ0n) is 12.5. The van der Waals surface area contributed by atoms with Crippen LogP contribution in [0.3, 0.4) is 0 Å². The van der Waals surface area contributed by atoms with E-state index in [2.05, 4.69) is 33.9 Å². The van der Waals surface area contributed by atoms with Crippen LogP contribution in [0.4, 0.5) is 0 Å². The monoisotopic (exact) mass is 272 g/mol. The molecule has 1 saturated heterocycles. The second-order valence-corrected chi connectivity index (χ2v) is 11.4. The van der Waals surface area contributed by atoms with Crippen LogP contribution in [-0.4, -0.2) is 44.9 Å². The molecule has 1 rings (SSSR count). The molecule has 0 aromatic carbocycles. The van der Waals surface area contributed by atoms with Crippen LogP contribution in [0.2, 0.25) is 18.1 Å². The fourth-order valence-electron chi connectivity index (χ4n) is 1.90. The molecular weight excluding hydrogens is 244 g/mol. The van der Waals surface area contributed by atoms with Gasteiger partial charge in [-0.25, -0.2) is 0 Å². The number of nitrogens with two attached hydrogens (primary N) is 1. The normalized spacial score (nSPS) is 19.4. The highest BCUT2D eigenvalue weighted by molar-refractivity contribution is 6.74. The van der Waals surface area contributed by atoms with Crippen LogP contribution in [0.15, 0.2) is 0 Å². The van der Waals surface area contributed by atoms with Crippen molar-refractivity contribution in [2.24, 2.45) is 5.73 Å². The molecule has 0 aromatic rings. The van der Waals surface area contributed by atoms with Crippen molar-refractivity contribution in [2.45, 2.75) is 57.8 Å². The van der Waals surface area contributed by atoms with Gasteiger partial charge < -0.3 is 15.1 Å². The molecule has 1 aliphatic heterocycles. The number of carbonyl (C=O) groups is 1. The Hall–Kier alpha value is -0.393. The molecule has 0 saturated carbocycles. The van der Waals surface area contributed by atoms with Crippen LogP contribution in [0, 0.1) is 0 Å². The maximum absolute atomic E-state index is 11.6. The molecular formula is C13H28N2O2Si. The van der Waals surface area contributed by atoms with Crippen LogP contribution >= 0.6 is 0 Å². The minimum atomic E-state index is -1.80. The predicted octanol–water partition coefficient (Wildman–Crippen LogP) is 1.96. The van der Waals surface area contributed by atoms with E-state index in [1.54, 1.807) is 0 Å². The summed E-state index contributed by atoms with van der Waals surface area (Å²) in [5.41, 5.74) is 5.81. The van der Waals surface area contributed by atoms with Crippen LogP contribution in [-0.2, 0) is 9.22 Å². The summed E-state index contributed by atoms with van der Waals surface area (Å²) < 4.78 is 6.28. The molecule has 0 radical (unpaired) electrons. The molecule has 0 aliphatic carbocycles. The van der Waals surface area contributed by atoms with Gasteiger partial charge in [-0.05, 0) is 24.6 Å². The molecule has 1 unspecified atom stereocenters. The predicted molar refractivity (Wildman–Crippen MR) is 76.9 cm³/mol. The van der Waals surface area contributed by atoms with E-state index in [4.69, 9.17) is 10.2 Å². The molecule has 4 nitrogen and oxygen atoms in total. The lowest BCUT2D eigenvalue weighted by Gasteiger charge is -2.39. The largest absolute Gasteiger partial charge is 0.411 e. The highest BCUT2D eigenvalue weighted by Crippen LogP contribution is 2.37. The molecule has 106 valence electrons. The van der Waals surface area contributed by atoms with Gasteiger partial charge in [0.05, 0.1) is 6.10 Å². The summed E-state index contributed by atoms with van der Waals surface area (Å²) in [6.07, 6.45) is 1.63. The zero-order chi connectivity index (χ0) is 14.0. The first-order valence-electron chi connectivity index (χ1n) is 6.83. The van der Waals surface area contributed by atoms with Gasteiger partial charge in [0, 0.05) is 26.1 Å². The minimum Gasteiger partial charge on any atom is -0.411 e. The van der Waals surface area contributed by atoms with Crippen LogP contribution in [0.25, 0.3) is 0 Å². The first-order valence-corrected chi connectivity index (χ1v) is 9.74. The smallest absolute Gasteiger partial charge is 0.222 e. The maximum atomic E-state index is 11.6. The van der Waals surface area contributed by atoms with Crippen molar-refractivity contribution in [2.75, 3.05) is 19.6 Å². The molecule has 0 spiro atoms. The van der Waals surface area contributed by atoms with Gasteiger partial charge in [-0.2, -0.15) is 0 Å². The second-order valence-electron chi connectivity index (χ2n) is 6.68. The first-order chi connectivity index (χ1) is 8.17. The summed E-state index contributed by atoms with van der Waals surface area (Å²) in [6.45, 7) is 13.1. The number of hydrogen-bond donors (Lipinski definition) is 1. The third-order valence-corrected chi connectivity index (χ3v) is 8.66. The Morgan fingerprint density at radius 1 is 1.44 bits per heavy atom. The zero-order valence-corrected chi connectivity index (χ0v) is 13.5. The Labute approximate surface area is 112 Å². The molecule has 1 aliphatic rings. The average Bonchev–Trinajstić information content (AvgIpc) is 2.61. The van der Waals surface area contributed by atoms with Crippen LogP contribution in [0.1, 0.15) is 33.6 Å². The van der Waals surface area contributed by atoms with E-state index in [9.17, 15) is 4.79 Å². The summed E-state index contributed by atoms with van der Waals surface area (Å²) >= 11 is 0. The molecule has 0 aromatic heterocycles. The van der Waals surface area contributed by atoms with Gasteiger partial charge in [0.15, 0.2) is 8.32 Å². The van der Waals surface area contributed by atoms with E-state index in [0.717, 1.165) is 13.0 Å². The number of amides is 1. The number of likely N-dealkylation sites (tertiary alicyclic amines) is 1. The van der Waals surface area contributed by atoms with Gasteiger partial charge in [0.1, 0.15) is 0 Å². The minimum absolute atomic E-state index is 0.0204. The Balaban J connectivity index is 2.59. The van der Waals surface area contributed by atoms with Crippen molar-refractivity contribution < 1.29 is 9.22 Å². The van der Waals surface area contributed by atoms with Gasteiger partial charge >= 0.3 is 0 Å². The molecule has 0 bridgehead atoms. The third-order valence-electron chi connectivity index (χ3n) is 4.13. The van der Waals surface area contributed by atoms with Crippen molar-refractivity contribution in [1.82, 2.24) is 4.90 Å². The van der Waals surface area contributed by atoms with Crippen LogP contribution in [0.5, 0.6) is 0 Å². The molecule has 1 amide bonds. The fraction of sp³-hybridized carbons (Fsp3) is 0.923. The van der Waals surface area contributed by atoms with Crippen molar-refractivity contribution in [3.8, 4) is 0 Å². The fourth-order valence-corrected chi connectivity index (χ4v) is 3.25. The van der Waals surface area contributed by atoms with Crippen molar-refractivity contribution in [1.29, 1.82) is 0 Å². The van der Waals surface area contributed by atoms with E-state index >= 15 is 0 Å². The number of rotatable bonds is 5. The Morgan fingerprint density at radius 3 is 2.44 bits per heavy atom. The van der Waals surface area contributed by atoms with Crippen molar-refractivity contribution >= 4 is 14.2 Å². The Morgan fingerprint density at radius 2 is 2.06 bits per heavy atom. The van der Waals surface area contributed by atoms with Crippen molar-refractivity contribution in [3.63, 3.8) is 0 Å². The molecule has 1 fully saturated rings. The summed E-state index contributed by atoms with van der Waals surface area (Å²) in [7, 11) is -1.80. The molecule has 2 N–H and O–H groups in total. The van der Waals surface area contributed by atoms with Gasteiger partial charge in [-0.15, -0.1) is 0 Å².